The number of thiazole rings is 1. The van der Waals surface area contributed by atoms with E-state index in [2.05, 4.69) is 10.1 Å². The normalized spacial score (nSPS) is 13.7. The first-order valence-corrected chi connectivity index (χ1v) is 9.95. The Hall–Kier alpha value is -3.14. The van der Waals surface area contributed by atoms with Gasteiger partial charge in [0.25, 0.3) is 5.91 Å². The molecule has 1 aromatic carbocycles. The van der Waals surface area contributed by atoms with E-state index in [4.69, 9.17) is 14.2 Å². The minimum Gasteiger partial charge on any atom is -0.486 e. The van der Waals surface area contributed by atoms with Crippen LogP contribution in [0, 0.1) is 6.92 Å². The van der Waals surface area contributed by atoms with E-state index >= 15 is 0 Å². The summed E-state index contributed by atoms with van der Waals surface area (Å²) in [6.45, 7) is 5.14. The lowest BCUT2D eigenvalue weighted by Crippen LogP contribution is -2.23. The minimum atomic E-state index is -0.442. The largest absolute Gasteiger partial charge is 0.486 e. The molecule has 1 aliphatic heterocycles. The highest BCUT2D eigenvalue weighted by Gasteiger charge is 2.19. The Morgan fingerprint density at radius 1 is 1.24 bits per heavy atom. The van der Waals surface area contributed by atoms with Crippen LogP contribution in [0.15, 0.2) is 23.2 Å². The molecule has 3 heterocycles. The van der Waals surface area contributed by atoms with Crippen LogP contribution >= 0.6 is 11.3 Å². The number of hydrogen-bond donors (Lipinski definition) is 0. The van der Waals surface area contributed by atoms with E-state index in [0.29, 0.717) is 41.8 Å². The first kappa shape index (κ1) is 19.2. The van der Waals surface area contributed by atoms with Crippen LogP contribution in [0.4, 0.5) is 0 Å². The zero-order chi connectivity index (χ0) is 20.5. The highest BCUT2D eigenvalue weighted by atomic mass is 32.1. The molecular formula is C19H20N4O5S. The summed E-state index contributed by atoms with van der Waals surface area (Å²) in [5.74, 6) is 0.364. The molecule has 4 rings (SSSR count). The predicted octanol–water partition coefficient (Wildman–Crippen LogP) is 1.91. The van der Waals surface area contributed by atoms with Crippen molar-refractivity contribution < 1.29 is 23.8 Å². The van der Waals surface area contributed by atoms with Gasteiger partial charge in [-0.15, -0.1) is 0 Å². The number of benzene rings is 1. The van der Waals surface area contributed by atoms with Crippen molar-refractivity contribution in [3.05, 3.63) is 34.4 Å². The summed E-state index contributed by atoms with van der Waals surface area (Å²) >= 11 is 1.29. The molecule has 2 aromatic heterocycles. The molecule has 1 amide bonds. The van der Waals surface area contributed by atoms with Crippen molar-refractivity contribution in [3.63, 3.8) is 0 Å². The molecule has 0 fully saturated rings. The van der Waals surface area contributed by atoms with Gasteiger partial charge in [0.2, 0.25) is 0 Å². The first-order chi connectivity index (χ1) is 14.0. The Bertz CT molecular complexity index is 1170. The summed E-state index contributed by atoms with van der Waals surface area (Å²) in [6, 6.07) is 5.34. The maximum absolute atomic E-state index is 12.8. The predicted molar refractivity (Wildman–Crippen MR) is 105 cm³/mol. The van der Waals surface area contributed by atoms with Gasteiger partial charge in [0.05, 0.1) is 23.0 Å². The Kier molecular flexibility index (Phi) is 5.10. The smallest absolute Gasteiger partial charge is 0.325 e. The number of nitrogens with zero attached hydrogens (tertiary/aromatic N) is 4. The minimum absolute atomic E-state index is 0.0751. The fraction of sp³-hybridized carbons (Fsp3) is 0.368. The molecule has 0 spiro atoms. The Labute approximate surface area is 170 Å². The number of fused-ring (bicyclic) bond motifs is 2. The number of ether oxygens (including phenoxy) is 3. The molecule has 1 aliphatic rings. The summed E-state index contributed by atoms with van der Waals surface area (Å²) in [5.41, 5.74) is 1.86. The number of esters is 1. The van der Waals surface area contributed by atoms with Crippen molar-refractivity contribution in [1.82, 2.24) is 14.3 Å². The Morgan fingerprint density at radius 3 is 2.66 bits per heavy atom. The van der Waals surface area contributed by atoms with Crippen molar-refractivity contribution >= 4 is 33.4 Å². The summed E-state index contributed by atoms with van der Waals surface area (Å²) in [4.78, 5) is 29.5. The van der Waals surface area contributed by atoms with Crippen molar-refractivity contribution in [2.75, 3.05) is 20.3 Å². The van der Waals surface area contributed by atoms with Crippen molar-refractivity contribution in [1.29, 1.82) is 0 Å². The fourth-order valence-electron chi connectivity index (χ4n) is 3.14. The average molecular weight is 416 g/mol. The third kappa shape index (κ3) is 3.63. The number of carbonyl (C=O) groups is 2. The highest BCUT2D eigenvalue weighted by molar-refractivity contribution is 7.16. The molecule has 0 atom stereocenters. The number of carbonyl (C=O) groups excluding carboxylic acids is 2. The van der Waals surface area contributed by atoms with Crippen LogP contribution in [0.1, 0.15) is 23.1 Å². The van der Waals surface area contributed by atoms with Gasteiger partial charge in [0, 0.05) is 18.7 Å². The van der Waals surface area contributed by atoms with E-state index in [0.717, 1.165) is 15.9 Å². The van der Waals surface area contributed by atoms with Gasteiger partial charge >= 0.3 is 5.97 Å². The van der Waals surface area contributed by atoms with Crippen LogP contribution in [-0.2, 0) is 22.6 Å². The van der Waals surface area contributed by atoms with E-state index in [9.17, 15) is 9.59 Å². The van der Waals surface area contributed by atoms with Crippen LogP contribution in [0.3, 0.4) is 0 Å². The highest BCUT2D eigenvalue weighted by Crippen LogP contribution is 2.35. The second kappa shape index (κ2) is 7.70. The molecule has 3 aromatic rings. The molecule has 0 N–H and O–H groups in total. The summed E-state index contributed by atoms with van der Waals surface area (Å²) in [7, 11) is 1.32. The average Bonchev–Trinajstić information content (AvgIpc) is 3.26. The summed E-state index contributed by atoms with van der Waals surface area (Å²) in [5, 5.41) is 4.30. The number of amides is 1. The van der Waals surface area contributed by atoms with Crippen molar-refractivity contribution in [2.45, 2.75) is 26.9 Å². The van der Waals surface area contributed by atoms with Crippen molar-refractivity contribution in [2.24, 2.45) is 4.99 Å². The van der Waals surface area contributed by atoms with E-state index in [1.807, 2.05) is 19.9 Å². The molecule has 0 aliphatic carbocycles. The van der Waals surface area contributed by atoms with Crippen LogP contribution in [0.2, 0.25) is 0 Å². The van der Waals surface area contributed by atoms with Gasteiger partial charge in [0.15, 0.2) is 16.3 Å². The standard InChI is InChI=1S/C19H20N4O5S/c1-4-23-13(7-11(2)21-23)18(25)20-19-22(10-17(24)26-3)12-8-14-15(9-16(12)29-19)28-6-5-27-14/h7-9H,4-6,10H2,1-3H3. The number of aromatic nitrogens is 3. The summed E-state index contributed by atoms with van der Waals surface area (Å²) < 4.78 is 20.2. The van der Waals surface area contributed by atoms with Crippen LogP contribution in [-0.4, -0.2) is 46.5 Å². The van der Waals surface area contributed by atoms with Gasteiger partial charge in [-0.05, 0) is 19.9 Å². The molecule has 0 bridgehead atoms. The monoisotopic (exact) mass is 416 g/mol. The molecule has 0 saturated carbocycles. The first-order valence-electron chi connectivity index (χ1n) is 9.13. The van der Waals surface area contributed by atoms with E-state index in [1.165, 1.54) is 18.4 Å². The molecule has 0 unspecified atom stereocenters. The lowest BCUT2D eigenvalue weighted by Gasteiger charge is -2.18. The van der Waals surface area contributed by atoms with Gasteiger partial charge in [-0.2, -0.15) is 10.1 Å². The maximum Gasteiger partial charge on any atom is 0.325 e. The third-order valence-corrected chi connectivity index (χ3v) is 5.52. The second-order valence-corrected chi connectivity index (χ2v) is 7.42. The van der Waals surface area contributed by atoms with Gasteiger partial charge in [-0.25, -0.2) is 0 Å². The zero-order valence-corrected chi connectivity index (χ0v) is 17.1. The van der Waals surface area contributed by atoms with E-state index < -0.39 is 11.9 Å². The van der Waals surface area contributed by atoms with Crippen LogP contribution < -0.4 is 14.3 Å². The topological polar surface area (TPSA) is 96.9 Å². The van der Waals surface area contributed by atoms with Crippen molar-refractivity contribution in [3.8, 4) is 11.5 Å². The maximum atomic E-state index is 12.8. The molecule has 0 radical (unpaired) electrons. The SMILES string of the molecule is CCn1nc(C)cc1C(=O)N=c1sc2cc3c(cc2n1CC(=O)OC)OCCO3. The quantitative estimate of drug-likeness (QED) is 0.603. The lowest BCUT2D eigenvalue weighted by molar-refractivity contribution is -0.141. The van der Waals surface area contributed by atoms with Gasteiger partial charge in [-0.1, -0.05) is 11.3 Å². The molecule has 152 valence electrons. The molecule has 29 heavy (non-hydrogen) atoms. The number of aryl methyl sites for hydroxylation is 2. The van der Waals surface area contributed by atoms with Gasteiger partial charge < -0.3 is 18.8 Å². The number of rotatable bonds is 4. The van der Waals surface area contributed by atoms with Gasteiger partial charge in [0.1, 0.15) is 25.5 Å². The summed E-state index contributed by atoms with van der Waals surface area (Å²) in [6.07, 6.45) is 0. The molecule has 10 heteroatoms. The third-order valence-electron chi connectivity index (χ3n) is 4.48. The second-order valence-electron chi connectivity index (χ2n) is 6.41. The van der Waals surface area contributed by atoms with E-state index in [1.54, 1.807) is 21.4 Å². The molecule has 9 nitrogen and oxygen atoms in total. The zero-order valence-electron chi connectivity index (χ0n) is 16.3. The fourth-order valence-corrected chi connectivity index (χ4v) is 4.18. The Balaban J connectivity index is 1.87. The van der Waals surface area contributed by atoms with E-state index in [-0.39, 0.29) is 6.54 Å². The Morgan fingerprint density at radius 2 is 1.97 bits per heavy atom. The van der Waals surface area contributed by atoms with Gasteiger partial charge in [-0.3, -0.25) is 14.3 Å². The number of methoxy groups -OCH3 is 1. The number of hydrogen-bond acceptors (Lipinski definition) is 7. The van der Waals surface area contributed by atoms with Crippen LogP contribution in [0.25, 0.3) is 10.2 Å². The van der Waals surface area contributed by atoms with Crippen LogP contribution in [0.5, 0.6) is 11.5 Å². The molecule has 0 saturated heterocycles. The lowest BCUT2D eigenvalue weighted by atomic mass is 10.2. The molecular weight excluding hydrogens is 396 g/mol.